The Labute approximate surface area is 221 Å². The van der Waals surface area contributed by atoms with E-state index >= 15 is 0 Å². The highest BCUT2D eigenvalue weighted by atomic mass is 32.3. The predicted octanol–water partition coefficient (Wildman–Crippen LogP) is 1.95. The molecule has 0 radical (unpaired) electrons. The number of aliphatic hydroxyl groups is 5. The number of fused-ring (bicyclic) bond motifs is 5. The quantitative estimate of drug-likeness (QED) is 0.225. The molecule has 216 valence electrons. The monoisotopic (exact) mass is 547 g/mol. The molecular formula is C27H47O9S-. The lowest BCUT2D eigenvalue weighted by molar-refractivity contribution is -0.268. The van der Waals surface area contributed by atoms with Gasteiger partial charge in [-0.3, -0.25) is 4.18 Å². The summed E-state index contributed by atoms with van der Waals surface area (Å²) in [5.41, 5.74) is -2.59. The van der Waals surface area contributed by atoms with Crippen molar-refractivity contribution in [2.24, 2.45) is 46.3 Å². The number of hydrogen-bond donors (Lipinski definition) is 5. The third kappa shape index (κ3) is 4.92. The van der Waals surface area contributed by atoms with Crippen LogP contribution < -0.4 is 0 Å². The van der Waals surface area contributed by atoms with Crippen molar-refractivity contribution >= 4 is 10.4 Å². The van der Waals surface area contributed by atoms with Crippen molar-refractivity contribution in [3.8, 4) is 0 Å². The molecule has 0 heterocycles. The van der Waals surface area contributed by atoms with E-state index in [9.17, 15) is 38.5 Å². The Hall–Kier alpha value is -0.330. The van der Waals surface area contributed by atoms with Crippen molar-refractivity contribution in [1.29, 1.82) is 0 Å². The summed E-state index contributed by atoms with van der Waals surface area (Å²) in [4.78, 5) is 0. The zero-order valence-corrected chi connectivity index (χ0v) is 23.4. The first-order chi connectivity index (χ1) is 17.1. The maximum atomic E-state index is 11.8. The zero-order valence-electron chi connectivity index (χ0n) is 22.6. The van der Waals surface area contributed by atoms with Gasteiger partial charge < -0.3 is 30.1 Å². The minimum Gasteiger partial charge on any atom is -0.726 e. The second-order valence-corrected chi connectivity index (χ2v) is 14.5. The molecule has 37 heavy (non-hydrogen) atoms. The smallest absolute Gasteiger partial charge is 0.218 e. The Morgan fingerprint density at radius 3 is 2.38 bits per heavy atom. The van der Waals surface area contributed by atoms with Gasteiger partial charge in [0.2, 0.25) is 10.4 Å². The summed E-state index contributed by atoms with van der Waals surface area (Å²) in [6.07, 6.45) is 1.15. The van der Waals surface area contributed by atoms with Crippen LogP contribution in [0.15, 0.2) is 0 Å². The van der Waals surface area contributed by atoms with Crippen molar-refractivity contribution < 1.29 is 42.7 Å². The summed E-state index contributed by atoms with van der Waals surface area (Å²) < 4.78 is 40.5. The molecule has 0 amide bonds. The van der Waals surface area contributed by atoms with E-state index < -0.39 is 57.2 Å². The highest BCUT2D eigenvalue weighted by Crippen LogP contribution is 2.69. The van der Waals surface area contributed by atoms with Gasteiger partial charge in [0, 0.05) is 18.4 Å². The third-order valence-electron chi connectivity index (χ3n) is 11.5. The molecule has 13 atom stereocenters. The van der Waals surface area contributed by atoms with Gasteiger partial charge in [0.1, 0.15) is 6.10 Å². The van der Waals surface area contributed by atoms with Gasteiger partial charge in [-0.05, 0) is 79.4 Å². The van der Waals surface area contributed by atoms with Crippen LogP contribution in [0.5, 0.6) is 0 Å². The van der Waals surface area contributed by atoms with Gasteiger partial charge in [0.15, 0.2) is 0 Å². The average Bonchev–Trinajstić information content (AvgIpc) is 3.01. The fourth-order valence-corrected chi connectivity index (χ4v) is 10.2. The highest BCUT2D eigenvalue weighted by Gasteiger charge is 2.71. The summed E-state index contributed by atoms with van der Waals surface area (Å²) in [6.45, 7) is 8.15. The molecule has 9 nitrogen and oxygen atoms in total. The van der Waals surface area contributed by atoms with E-state index in [4.69, 9.17) is 4.18 Å². The van der Waals surface area contributed by atoms with E-state index in [-0.39, 0.29) is 49.0 Å². The van der Waals surface area contributed by atoms with Gasteiger partial charge in [-0.2, -0.15) is 0 Å². The summed E-state index contributed by atoms with van der Waals surface area (Å²) in [5, 5.41) is 54.3. The van der Waals surface area contributed by atoms with Crippen molar-refractivity contribution in [1.82, 2.24) is 0 Å². The Balaban J connectivity index is 1.68. The van der Waals surface area contributed by atoms with Gasteiger partial charge in [0.25, 0.3) is 0 Å². The molecule has 4 aliphatic rings. The average molecular weight is 548 g/mol. The van der Waals surface area contributed by atoms with Crippen LogP contribution in [-0.4, -0.2) is 75.1 Å². The fourth-order valence-electron chi connectivity index (χ4n) is 9.65. The minimum atomic E-state index is -5.06. The second kappa shape index (κ2) is 10.3. The minimum absolute atomic E-state index is 0.0231. The SMILES string of the molecule is C[C@H](CO)CCC[C@@H](C)[C@H]1[C@@H](OS(=O)(=O)[O-])[C@H](O)C2C3C[C@@H](O)[C@@]4(O)C[C@@H](O)CC[C@]4(C)C3CC[C@@]21C. The van der Waals surface area contributed by atoms with Gasteiger partial charge in [0.05, 0.1) is 23.9 Å². The van der Waals surface area contributed by atoms with Crippen LogP contribution in [0, 0.1) is 46.3 Å². The molecule has 0 spiro atoms. The van der Waals surface area contributed by atoms with Crippen molar-refractivity contribution in [3.63, 3.8) is 0 Å². The lowest BCUT2D eigenvalue weighted by Crippen LogP contribution is -2.69. The lowest BCUT2D eigenvalue weighted by Gasteiger charge is -2.65. The molecule has 0 aromatic rings. The number of aliphatic hydroxyl groups excluding tert-OH is 4. The van der Waals surface area contributed by atoms with Crippen LogP contribution in [-0.2, 0) is 14.6 Å². The van der Waals surface area contributed by atoms with E-state index in [1.807, 2.05) is 20.8 Å². The molecular weight excluding hydrogens is 500 g/mol. The second-order valence-electron chi connectivity index (χ2n) is 13.5. The highest BCUT2D eigenvalue weighted by molar-refractivity contribution is 7.80. The Bertz CT molecular complexity index is 929. The zero-order chi connectivity index (χ0) is 27.6. The van der Waals surface area contributed by atoms with E-state index in [1.165, 1.54) is 0 Å². The van der Waals surface area contributed by atoms with E-state index in [0.717, 1.165) is 25.7 Å². The Morgan fingerprint density at radius 1 is 1.08 bits per heavy atom. The van der Waals surface area contributed by atoms with Gasteiger partial charge in [-0.25, -0.2) is 8.42 Å². The molecule has 4 saturated carbocycles. The molecule has 10 heteroatoms. The predicted molar refractivity (Wildman–Crippen MR) is 135 cm³/mol. The molecule has 5 N–H and O–H groups in total. The molecule has 0 bridgehead atoms. The summed E-state index contributed by atoms with van der Waals surface area (Å²) in [7, 11) is -5.06. The Morgan fingerprint density at radius 2 is 1.76 bits per heavy atom. The topological polar surface area (TPSA) is 168 Å². The molecule has 0 aliphatic heterocycles. The van der Waals surface area contributed by atoms with Crippen LogP contribution in [0.3, 0.4) is 0 Å². The molecule has 0 aromatic heterocycles. The third-order valence-corrected chi connectivity index (χ3v) is 11.9. The molecule has 4 fully saturated rings. The van der Waals surface area contributed by atoms with Gasteiger partial charge >= 0.3 is 0 Å². The lowest BCUT2D eigenvalue weighted by atomic mass is 9.42. The van der Waals surface area contributed by atoms with Crippen molar-refractivity contribution in [2.45, 2.75) is 115 Å². The number of rotatable bonds is 8. The molecule has 0 aromatic carbocycles. The van der Waals surface area contributed by atoms with Crippen LogP contribution >= 0.6 is 0 Å². The molecule has 4 rings (SSSR count). The molecule has 0 saturated heterocycles. The van der Waals surface area contributed by atoms with Gasteiger partial charge in [-0.1, -0.05) is 40.5 Å². The maximum absolute atomic E-state index is 11.8. The van der Waals surface area contributed by atoms with E-state index in [0.29, 0.717) is 19.3 Å². The summed E-state index contributed by atoms with van der Waals surface area (Å²) in [6, 6.07) is 0. The fraction of sp³-hybridized carbons (Fsp3) is 1.00. The van der Waals surface area contributed by atoms with Crippen molar-refractivity contribution in [3.05, 3.63) is 0 Å². The first-order valence-electron chi connectivity index (χ1n) is 14.1. The standard InChI is InChI=1S/C27H48O9S/c1-15(14-28)6-5-7-16(2)21-24(36-37(33,34)35)23(31)22-18-12-20(30)27(32)13-17(29)8-11-26(27,4)19(18)9-10-25(21,22)3/h15-24,28-32H,5-14H2,1-4H3,(H,33,34,35)/p-1/t15-,16+,17-,18?,19?,20+,21-,22?,23+,24+,25+,26+,27-/m0/s1. The first-order valence-corrected chi connectivity index (χ1v) is 15.4. The normalized spacial score (nSPS) is 49.6. The molecule has 3 unspecified atom stereocenters. The van der Waals surface area contributed by atoms with Crippen LogP contribution in [0.2, 0.25) is 0 Å². The van der Waals surface area contributed by atoms with E-state index in [1.54, 1.807) is 0 Å². The van der Waals surface area contributed by atoms with E-state index in [2.05, 4.69) is 6.92 Å². The maximum Gasteiger partial charge on any atom is 0.218 e. The van der Waals surface area contributed by atoms with Crippen LogP contribution in [0.1, 0.15) is 85.5 Å². The number of hydrogen-bond acceptors (Lipinski definition) is 9. The summed E-state index contributed by atoms with van der Waals surface area (Å²) in [5.74, 6) is -0.859. The van der Waals surface area contributed by atoms with Gasteiger partial charge in [-0.15, -0.1) is 0 Å². The van der Waals surface area contributed by atoms with Crippen LogP contribution in [0.25, 0.3) is 0 Å². The van der Waals surface area contributed by atoms with Crippen LogP contribution in [0.4, 0.5) is 0 Å². The molecule has 4 aliphatic carbocycles. The van der Waals surface area contributed by atoms with Crippen molar-refractivity contribution in [2.75, 3.05) is 6.61 Å². The largest absolute Gasteiger partial charge is 0.726 e. The first kappa shape index (κ1) is 29.6. The summed E-state index contributed by atoms with van der Waals surface area (Å²) >= 11 is 0. The Kier molecular flexibility index (Phi) is 8.21.